The number of esters is 1. The van der Waals surface area contributed by atoms with Crippen LogP contribution < -0.4 is 5.73 Å². The number of ether oxygens (including phenoxy) is 1. The first-order chi connectivity index (χ1) is 9.11. The van der Waals surface area contributed by atoms with Gasteiger partial charge in [0.2, 0.25) is 5.91 Å². The smallest absolute Gasteiger partial charge is 0.328 e. The largest absolute Gasteiger partial charge is 0.464 e. The topological polar surface area (TPSA) is 72.6 Å². The van der Waals surface area contributed by atoms with Gasteiger partial charge in [0.15, 0.2) is 0 Å². The molecule has 110 valence electrons. The van der Waals surface area contributed by atoms with Gasteiger partial charge in [0, 0.05) is 6.54 Å². The van der Waals surface area contributed by atoms with E-state index >= 15 is 0 Å². The van der Waals surface area contributed by atoms with Crippen LogP contribution in [0.25, 0.3) is 0 Å². The normalized spacial score (nSPS) is 21.0. The summed E-state index contributed by atoms with van der Waals surface area (Å²) in [5, 5.41) is 0. The van der Waals surface area contributed by atoms with Crippen LogP contribution in [0.2, 0.25) is 0 Å². The first kappa shape index (κ1) is 16.0. The number of unbranched alkanes of at least 4 members (excludes halogenated alkanes) is 1. The van der Waals surface area contributed by atoms with Gasteiger partial charge in [-0.2, -0.15) is 0 Å². The summed E-state index contributed by atoms with van der Waals surface area (Å²) in [6.07, 6.45) is 5.21. The van der Waals surface area contributed by atoms with Gasteiger partial charge in [-0.15, -0.1) is 0 Å². The van der Waals surface area contributed by atoms with Gasteiger partial charge in [-0.1, -0.05) is 19.8 Å². The third-order valence-corrected chi connectivity index (χ3v) is 3.53. The van der Waals surface area contributed by atoms with Crippen LogP contribution in [0.15, 0.2) is 0 Å². The molecule has 0 bridgehead atoms. The lowest BCUT2D eigenvalue weighted by atomic mass is 10.00. The fourth-order valence-electron chi connectivity index (χ4n) is 2.44. The van der Waals surface area contributed by atoms with Crippen LogP contribution in [0, 0.1) is 0 Å². The number of hydrogen-bond acceptors (Lipinski definition) is 4. The number of carbonyl (C=O) groups is 2. The molecule has 19 heavy (non-hydrogen) atoms. The lowest BCUT2D eigenvalue weighted by molar-refractivity contribution is -0.157. The van der Waals surface area contributed by atoms with Crippen LogP contribution in [-0.4, -0.2) is 42.0 Å². The van der Waals surface area contributed by atoms with E-state index in [1.54, 1.807) is 11.8 Å². The molecule has 0 spiro atoms. The number of carbonyl (C=O) groups excluding carboxylic acids is 2. The summed E-state index contributed by atoms with van der Waals surface area (Å²) in [6.45, 7) is 4.81. The molecule has 1 fully saturated rings. The SMILES string of the molecule is CCCCC(N)C(=O)N1CCCCC1C(=O)OCC. The summed E-state index contributed by atoms with van der Waals surface area (Å²) in [7, 11) is 0. The quantitative estimate of drug-likeness (QED) is 0.741. The monoisotopic (exact) mass is 270 g/mol. The predicted octanol–water partition coefficient (Wildman–Crippen LogP) is 1.45. The fraction of sp³-hybridized carbons (Fsp3) is 0.857. The van der Waals surface area contributed by atoms with E-state index < -0.39 is 12.1 Å². The van der Waals surface area contributed by atoms with E-state index in [-0.39, 0.29) is 11.9 Å². The summed E-state index contributed by atoms with van der Waals surface area (Å²) in [6, 6.07) is -0.927. The van der Waals surface area contributed by atoms with Crippen molar-refractivity contribution in [3.8, 4) is 0 Å². The van der Waals surface area contributed by atoms with Gasteiger partial charge in [-0.05, 0) is 32.6 Å². The number of amides is 1. The Morgan fingerprint density at radius 3 is 2.74 bits per heavy atom. The van der Waals surface area contributed by atoms with Crippen LogP contribution in [-0.2, 0) is 14.3 Å². The highest BCUT2D eigenvalue weighted by Gasteiger charge is 2.34. The van der Waals surface area contributed by atoms with Crippen LogP contribution in [0.5, 0.6) is 0 Å². The molecule has 0 aromatic heterocycles. The second-order valence-electron chi connectivity index (χ2n) is 5.04. The minimum atomic E-state index is -0.491. The van der Waals surface area contributed by atoms with Crippen molar-refractivity contribution in [2.45, 2.75) is 64.5 Å². The van der Waals surface area contributed by atoms with Gasteiger partial charge in [0.1, 0.15) is 6.04 Å². The van der Waals surface area contributed by atoms with Crippen LogP contribution >= 0.6 is 0 Å². The molecule has 5 heteroatoms. The van der Waals surface area contributed by atoms with Gasteiger partial charge in [-0.3, -0.25) is 4.79 Å². The lowest BCUT2D eigenvalue weighted by Crippen LogP contribution is -2.53. The third-order valence-electron chi connectivity index (χ3n) is 3.53. The minimum Gasteiger partial charge on any atom is -0.464 e. The molecule has 0 saturated carbocycles. The van der Waals surface area contributed by atoms with Crippen molar-refractivity contribution < 1.29 is 14.3 Å². The molecule has 0 radical (unpaired) electrons. The zero-order chi connectivity index (χ0) is 14.3. The fourth-order valence-corrected chi connectivity index (χ4v) is 2.44. The Morgan fingerprint density at radius 1 is 1.37 bits per heavy atom. The highest BCUT2D eigenvalue weighted by molar-refractivity contribution is 5.87. The summed E-state index contributed by atoms with van der Waals surface area (Å²) in [5.74, 6) is -0.399. The number of likely N-dealkylation sites (tertiary alicyclic amines) is 1. The highest BCUT2D eigenvalue weighted by atomic mass is 16.5. The molecule has 1 aliphatic rings. The van der Waals surface area contributed by atoms with Crippen LogP contribution in [0.4, 0.5) is 0 Å². The van der Waals surface area contributed by atoms with Gasteiger partial charge in [0.25, 0.3) is 0 Å². The molecule has 5 nitrogen and oxygen atoms in total. The highest BCUT2D eigenvalue weighted by Crippen LogP contribution is 2.19. The van der Waals surface area contributed by atoms with Crippen LogP contribution in [0.1, 0.15) is 52.4 Å². The van der Waals surface area contributed by atoms with E-state index in [2.05, 4.69) is 6.92 Å². The number of piperidine rings is 1. The van der Waals surface area contributed by atoms with Crippen molar-refractivity contribution in [2.24, 2.45) is 5.73 Å². The Hall–Kier alpha value is -1.10. The molecule has 1 rings (SSSR count). The average molecular weight is 270 g/mol. The standard InChI is InChI=1S/C14H26N2O3/c1-3-5-8-11(15)13(17)16-10-7-6-9-12(16)14(18)19-4-2/h11-12H,3-10,15H2,1-2H3. The molecule has 0 aromatic rings. The van der Waals surface area contributed by atoms with Crippen molar-refractivity contribution in [3.05, 3.63) is 0 Å². The van der Waals surface area contributed by atoms with Crippen molar-refractivity contribution in [1.82, 2.24) is 4.90 Å². The van der Waals surface area contributed by atoms with Gasteiger partial charge in [0.05, 0.1) is 12.6 Å². The Balaban J connectivity index is 2.65. The molecule has 1 amide bonds. The molecule has 2 unspecified atom stereocenters. The number of hydrogen-bond donors (Lipinski definition) is 1. The van der Waals surface area contributed by atoms with E-state index in [0.29, 0.717) is 26.0 Å². The third kappa shape index (κ3) is 4.49. The Bertz CT molecular complexity index is 307. The number of nitrogens with zero attached hydrogens (tertiary/aromatic N) is 1. The first-order valence-corrected chi connectivity index (χ1v) is 7.34. The second-order valence-corrected chi connectivity index (χ2v) is 5.04. The lowest BCUT2D eigenvalue weighted by Gasteiger charge is -2.35. The number of rotatable bonds is 6. The molecule has 1 aliphatic heterocycles. The van der Waals surface area contributed by atoms with Gasteiger partial charge < -0.3 is 15.4 Å². The summed E-state index contributed by atoms with van der Waals surface area (Å²) >= 11 is 0. The van der Waals surface area contributed by atoms with Crippen molar-refractivity contribution in [3.63, 3.8) is 0 Å². The van der Waals surface area contributed by atoms with Crippen molar-refractivity contribution in [1.29, 1.82) is 0 Å². The molecule has 1 heterocycles. The predicted molar refractivity (Wildman–Crippen MR) is 73.5 cm³/mol. The van der Waals surface area contributed by atoms with Crippen molar-refractivity contribution >= 4 is 11.9 Å². The van der Waals surface area contributed by atoms with E-state index in [1.165, 1.54) is 0 Å². The first-order valence-electron chi connectivity index (χ1n) is 7.34. The number of nitrogens with two attached hydrogens (primary N) is 1. The van der Waals surface area contributed by atoms with E-state index in [0.717, 1.165) is 25.7 Å². The zero-order valence-corrected chi connectivity index (χ0v) is 12.1. The maximum atomic E-state index is 12.3. The van der Waals surface area contributed by atoms with E-state index in [9.17, 15) is 9.59 Å². The average Bonchev–Trinajstić information content (AvgIpc) is 2.44. The van der Waals surface area contributed by atoms with Gasteiger partial charge >= 0.3 is 5.97 Å². The Labute approximate surface area is 115 Å². The van der Waals surface area contributed by atoms with Crippen LogP contribution in [0.3, 0.4) is 0 Å². The van der Waals surface area contributed by atoms with E-state index in [1.807, 2.05) is 0 Å². The molecular weight excluding hydrogens is 244 g/mol. The minimum absolute atomic E-state index is 0.105. The summed E-state index contributed by atoms with van der Waals surface area (Å²) < 4.78 is 5.05. The van der Waals surface area contributed by atoms with Crippen molar-refractivity contribution in [2.75, 3.05) is 13.2 Å². The maximum absolute atomic E-state index is 12.3. The zero-order valence-electron chi connectivity index (χ0n) is 12.1. The Morgan fingerprint density at radius 2 is 2.11 bits per heavy atom. The maximum Gasteiger partial charge on any atom is 0.328 e. The second kappa shape index (κ2) is 8.15. The molecule has 1 saturated heterocycles. The molecule has 2 N–H and O–H groups in total. The summed E-state index contributed by atoms with van der Waals surface area (Å²) in [5.41, 5.74) is 5.93. The molecule has 2 atom stereocenters. The molecule has 0 aromatic carbocycles. The molecular formula is C14H26N2O3. The van der Waals surface area contributed by atoms with E-state index in [4.69, 9.17) is 10.5 Å². The van der Waals surface area contributed by atoms with Gasteiger partial charge in [-0.25, -0.2) is 4.79 Å². The molecule has 0 aliphatic carbocycles. The summed E-state index contributed by atoms with van der Waals surface area (Å²) in [4.78, 5) is 25.8. The Kier molecular flexibility index (Phi) is 6.84.